The standard InChI is InChI=1S/C33H28ClN3O/c34-27-16-17-30-28(22-27)29(23-31(35-30)24-10-4-1-5-11-24)33(38)37-20-18-36(19-21-37)32(25-12-6-2-7-13-25)26-14-8-3-9-15-26/h1-17,22-23,32H,18-21H2. The number of hydrogen-bond donors (Lipinski definition) is 0. The summed E-state index contributed by atoms with van der Waals surface area (Å²) in [5, 5.41) is 1.38. The van der Waals surface area contributed by atoms with Crippen molar-refractivity contribution < 1.29 is 4.79 Å². The first-order chi connectivity index (χ1) is 18.7. The van der Waals surface area contributed by atoms with Gasteiger partial charge in [0.1, 0.15) is 0 Å². The summed E-state index contributed by atoms with van der Waals surface area (Å²) in [7, 11) is 0. The maximum absolute atomic E-state index is 14.0. The number of aromatic nitrogens is 1. The molecule has 0 spiro atoms. The third-order valence-corrected chi connectivity index (χ3v) is 7.50. The molecular formula is C33H28ClN3O. The third-order valence-electron chi connectivity index (χ3n) is 7.27. The van der Waals surface area contributed by atoms with E-state index in [4.69, 9.17) is 16.6 Å². The number of amides is 1. The highest BCUT2D eigenvalue weighted by atomic mass is 35.5. The van der Waals surface area contributed by atoms with E-state index in [1.54, 1.807) is 0 Å². The number of rotatable bonds is 5. The van der Waals surface area contributed by atoms with Crippen LogP contribution in [-0.2, 0) is 0 Å². The quantitative estimate of drug-likeness (QED) is 0.249. The lowest BCUT2D eigenvalue weighted by Gasteiger charge is -2.40. The zero-order valence-electron chi connectivity index (χ0n) is 21.0. The molecule has 6 rings (SSSR count). The zero-order chi connectivity index (χ0) is 25.9. The molecule has 0 bridgehead atoms. The van der Waals surface area contributed by atoms with Gasteiger partial charge in [0.25, 0.3) is 5.91 Å². The predicted octanol–water partition coefficient (Wildman–Crippen LogP) is 7.10. The fraction of sp³-hybridized carbons (Fsp3) is 0.152. The van der Waals surface area contributed by atoms with Crippen molar-refractivity contribution >= 4 is 28.4 Å². The van der Waals surface area contributed by atoms with Gasteiger partial charge in [0, 0.05) is 42.2 Å². The topological polar surface area (TPSA) is 36.4 Å². The summed E-state index contributed by atoms with van der Waals surface area (Å²) in [6, 6.07) is 38.9. The third kappa shape index (κ3) is 4.93. The maximum Gasteiger partial charge on any atom is 0.254 e. The van der Waals surface area contributed by atoms with Crippen LogP contribution in [0.25, 0.3) is 22.2 Å². The van der Waals surface area contributed by atoms with Crippen LogP contribution in [0.2, 0.25) is 5.02 Å². The molecule has 0 unspecified atom stereocenters. The highest BCUT2D eigenvalue weighted by Gasteiger charge is 2.29. The van der Waals surface area contributed by atoms with Gasteiger partial charge in [-0.3, -0.25) is 9.69 Å². The Morgan fingerprint density at radius 3 is 1.89 bits per heavy atom. The second-order valence-corrected chi connectivity index (χ2v) is 10.1. The summed E-state index contributed by atoms with van der Waals surface area (Å²) >= 11 is 6.35. The molecule has 0 aliphatic carbocycles. The molecule has 1 aliphatic rings. The average molecular weight is 518 g/mol. The Bertz CT molecular complexity index is 1510. The molecule has 1 fully saturated rings. The van der Waals surface area contributed by atoms with Gasteiger partial charge in [-0.2, -0.15) is 0 Å². The first-order valence-electron chi connectivity index (χ1n) is 13.0. The fourth-order valence-electron chi connectivity index (χ4n) is 5.37. The van der Waals surface area contributed by atoms with Crippen LogP contribution in [0.1, 0.15) is 27.5 Å². The highest BCUT2D eigenvalue weighted by molar-refractivity contribution is 6.31. The van der Waals surface area contributed by atoms with Crippen molar-refractivity contribution in [3.8, 4) is 11.3 Å². The van der Waals surface area contributed by atoms with Gasteiger partial charge in [0.15, 0.2) is 0 Å². The van der Waals surface area contributed by atoms with Gasteiger partial charge >= 0.3 is 0 Å². The molecule has 188 valence electrons. The molecular weight excluding hydrogens is 490 g/mol. The average Bonchev–Trinajstić information content (AvgIpc) is 2.98. The van der Waals surface area contributed by atoms with E-state index in [-0.39, 0.29) is 11.9 Å². The van der Waals surface area contributed by atoms with Crippen molar-refractivity contribution in [1.29, 1.82) is 0 Å². The molecule has 1 aliphatic heterocycles. The van der Waals surface area contributed by atoms with Crippen molar-refractivity contribution in [1.82, 2.24) is 14.8 Å². The number of hydrogen-bond acceptors (Lipinski definition) is 3. The molecule has 0 N–H and O–H groups in total. The maximum atomic E-state index is 14.0. The Balaban J connectivity index is 1.29. The van der Waals surface area contributed by atoms with Crippen LogP contribution in [0.3, 0.4) is 0 Å². The molecule has 1 aromatic heterocycles. The van der Waals surface area contributed by atoms with Crippen molar-refractivity contribution in [3.05, 3.63) is 137 Å². The molecule has 2 heterocycles. The molecule has 38 heavy (non-hydrogen) atoms. The fourth-order valence-corrected chi connectivity index (χ4v) is 5.54. The number of fused-ring (bicyclic) bond motifs is 1. The monoisotopic (exact) mass is 517 g/mol. The Labute approximate surface area is 228 Å². The minimum absolute atomic E-state index is 0.0208. The Morgan fingerprint density at radius 1 is 0.711 bits per heavy atom. The molecule has 0 atom stereocenters. The van der Waals surface area contributed by atoms with Crippen molar-refractivity contribution in [2.75, 3.05) is 26.2 Å². The molecule has 1 saturated heterocycles. The van der Waals surface area contributed by atoms with E-state index in [1.165, 1.54) is 11.1 Å². The van der Waals surface area contributed by atoms with Gasteiger partial charge in [-0.1, -0.05) is 103 Å². The van der Waals surface area contributed by atoms with Gasteiger partial charge in [-0.15, -0.1) is 0 Å². The smallest absolute Gasteiger partial charge is 0.254 e. The number of piperazine rings is 1. The van der Waals surface area contributed by atoms with Crippen molar-refractivity contribution in [2.24, 2.45) is 0 Å². The second kappa shape index (κ2) is 10.8. The predicted molar refractivity (Wildman–Crippen MR) is 154 cm³/mol. The summed E-state index contributed by atoms with van der Waals surface area (Å²) in [5.74, 6) is 0.0208. The number of halogens is 1. The first-order valence-corrected chi connectivity index (χ1v) is 13.3. The Kier molecular flexibility index (Phi) is 6.91. The SMILES string of the molecule is O=C(c1cc(-c2ccccc2)nc2ccc(Cl)cc12)N1CCN(C(c2ccccc2)c2ccccc2)CC1. The van der Waals surface area contributed by atoms with Crippen LogP contribution >= 0.6 is 11.6 Å². The Morgan fingerprint density at radius 2 is 1.29 bits per heavy atom. The van der Waals surface area contributed by atoms with Crippen LogP contribution in [0.5, 0.6) is 0 Å². The number of benzene rings is 4. The van der Waals surface area contributed by atoms with Crippen LogP contribution in [0, 0.1) is 0 Å². The van der Waals surface area contributed by atoms with Crippen molar-refractivity contribution in [3.63, 3.8) is 0 Å². The molecule has 4 aromatic carbocycles. The summed E-state index contributed by atoms with van der Waals surface area (Å²) in [6.07, 6.45) is 0. The van der Waals surface area contributed by atoms with E-state index in [0.29, 0.717) is 23.7 Å². The zero-order valence-corrected chi connectivity index (χ0v) is 21.8. The lowest BCUT2D eigenvalue weighted by Crippen LogP contribution is -2.49. The van der Waals surface area contributed by atoms with E-state index in [1.807, 2.05) is 59.5 Å². The van der Waals surface area contributed by atoms with Crippen LogP contribution < -0.4 is 0 Å². The molecule has 4 nitrogen and oxygen atoms in total. The van der Waals surface area contributed by atoms with Gasteiger partial charge in [0.05, 0.1) is 22.8 Å². The van der Waals surface area contributed by atoms with E-state index >= 15 is 0 Å². The van der Waals surface area contributed by atoms with Gasteiger partial charge in [0.2, 0.25) is 0 Å². The van der Waals surface area contributed by atoms with Crippen LogP contribution in [0.15, 0.2) is 115 Å². The molecule has 5 aromatic rings. The second-order valence-electron chi connectivity index (χ2n) is 9.63. The number of pyridine rings is 1. The van der Waals surface area contributed by atoms with Crippen LogP contribution in [0.4, 0.5) is 0 Å². The van der Waals surface area contributed by atoms with E-state index in [2.05, 4.69) is 65.6 Å². The van der Waals surface area contributed by atoms with Gasteiger partial charge in [-0.25, -0.2) is 4.98 Å². The number of carbonyl (C=O) groups is 1. The summed E-state index contributed by atoms with van der Waals surface area (Å²) in [4.78, 5) is 23.2. The minimum Gasteiger partial charge on any atom is -0.336 e. The lowest BCUT2D eigenvalue weighted by molar-refractivity contribution is 0.0599. The highest BCUT2D eigenvalue weighted by Crippen LogP contribution is 2.31. The summed E-state index contributed by atoms with van der Waals surface area (Å²) in [5.41, 5.74) is 5.72. The lowest BCUT2D eigenvalue weighted by atomic mass is 9.96. The van der Waals surface area contributed by atoms with Crippen LogP contribution in [-0.4, -0.2) is 46.9 Å². The van der Waals surface area contributed by atoms with Gasteiger partial charge in [-0.05, 0) is 35.4 Å². The van der Waals surface area contributed by atoms with Gasteiger partial charge < -0.3 is 4.90 Å². The molecule has 0 radical (unpaired) electrons. The minimum atomic E-state index is 0.0208. The molecule has 5 heteroatoms. The number of nitrogens with zero attached hydrogens (tertiary/aromatic N) is 3. The van der Waals surface area contributed by atoms with E-state index < -0.39 is 0 Å². The summed E-state index contributed by atoms with van der Waals surface area (Å²) < 4.78 is 0. The molecule has 0 saturated carbocycles. The summed E-state index contributed by atoms with van der Waals surface area (Å²) in [6.45, 7) is 2.88. The number of carbonyl (C=O) groups excluding carboxylic acids is 1. The first kappa shape index (κ1) is 24.4. The van der Waals surface area contributed by atoms with E-state index in [0.717, 1.165) is 35.2 Å². The van der Waals surface area contributed by atoms with E-state index in [9.17, 15) is 4.79 Å². The molecule has 1 amide bonds. The normalized spacial score (nSPS) is 14.2. The van der Waals surface area contributed by atoms with Crippen molar-refractivity contribution in [2.45, 2.75) is 6.04 Å². The largest absolute Gasteiger partial charge is 0.336 e. The Hall–Kier alpha value is -3.99.